The van der Waals surface area contributed by atoms with Gasteiger partial charge in [-0.25, -0.2) is 19.6 Å². The van der Waals surface area contributed by atoms with E-state index in [4.69, 9.17) is 19.4 Å². The molecule has 2 fully saturated rings. The predicted molar refractivity (Wildman–Crippen MR) is 217 cm³/mol. The molecule has 5 aromatic rings. The first-order chi connectivity index (χ1) is 27.4. The number of ether oxygens (including phenoxy) is 2. The number of imidazole rings is 2. The highest BCUT2D eigenvalue weighted by atomic mass is 16.5. The number of rotatable bonds is 10. The first-order valence-electron chi connectivity index (χ1n) is 19.8. The number of nitrogens with one attached hydrogen (secondary N) is 4. The summed E-state index contributed by atoms with van der Waals surface area (Å²) < 4.78 is 9.55. The molecule has 300 valence electrons. The van der Waals surface area contributed by atoms with Crippen LogP contribution in [-0.2, 0) is 19.1 Å². The maximum Gasteiger partial charge on any atom is 0.407 e. The van der Waals surface area contributed by atoms with Crippen molar-refractivity contribution in [2.45, 2.75) is 84.5 Å². The van der Waals surface area contributed by atoms with Gasteiger partial charge in [-0.15, -0.1) is 0 Å². The molecule has 0 saturated carbocycles. The van der Waals surface area contributed by atoms with Crippen LogP contribution in [0.4, 0.5) is 9.59 Å². The SMILES string of the molecule is COC(=O)N[C@H](C(=O)N1CCC[C@H]1c1nc2ccc(-c3ccc(-c4ccc5nc([C@@H]6CCCN6C(=O)[C@@H](NC(=O)OC)C(C)C)[nH]c5c4)c(C)c3)cc2[nH]1)C(C)C. The fraction of sp³-hybridized carbons (Fsp3) is 0.442. The van der Waals surface area contributed by atoms with E-state index in [0.29, 0.717) is 13.1 Å². The summed E-state index contributed by atoms with van der Waals surface area (Å²) in [6.45, 7) is 10.9. The standard InChI is InChI=1S/C43H52N8O6/c1-23(2)36(48-42(54)56-6)40(52)50-18-8-10-34(50)38-44-30-16-13-27(21-32(30)46-38)26-12-15-29(25(5)20-26)28-14-17-31-33(22-28)47-39(45-31)35-11-9-19-51(35)41(53)37(24(3)4)49-43(55)57-7/h12-17,20-24,34-37H,8-11,18-19H2,1-7H3,(H,44,46)(H,45,47)(H,48,54)(H,49,55)/t34-,35-,36-,37-/m0/s1. The molecular formula is C43H52N8O6. The molecule has 7 rings (SSSR count). The number of carbonyl (C=O) groups excluding carboxylic acids is 4. The van der Waals surface area contributed by atoms with Crippen LogP contribution in [0.15, 0.2) is 54.6 Å². The number of aromatic nitrogens is 4. The zero-order chi connectivity index (χ0) is 40.5. The molecule has 0 aliphatic carbocycles. The summed E-state index contributed by atoms with van der Waals surface area (Å²) in [6, 6.07) is 17.0. The Labute approximate surface area is 332 Å². The van der Waals surface area contributed by atoms with Crippen LogP contribution in [0, 0.1) is 18.8 Å². The first kappa shape index (κ1) is 39.3. The number of hydrogen-bond acceptors (Lipinski definition) is 8. The molecule has 3 aromatic carbocycles. The van der Waals surface area contributed by atoms with Crippen LogP contribution in [-0.4, -0.2) is 93.1 Å². The number of H-pyrrole nitrogens is 2. The maximum absolute atomic E-state index is 13.7. The van der Waals surface area contributed by atoms with E-state index >= 15 is 0 Å². The first-order valence-corrected chi connectivity index (χ1v) is 19.8. The van der Waals surface area contributed by atoms with Crippen molar-refractivity contribution < 1.29 is 28.7 Å². The molecular weight excluding hydrogens is 725 g/mol. The Morgan fingerprint density at radius 2 is 1.11 bits per heavy atom. The number of hydrogen-bond donors (Lipinski definition) is 4. The fourth-order valence-corrected chi connectivity index (χ4v) is 8.27. The van der Waals surface area contributed by atoms with Crippen molar-refractivity contribution in [3.05, 3.63) is 71.8 Å². The van der Waals surface area contributed by atoms with Crippen LogP contribution in [0.3, 0.4) is 0 Å². The van der Waals surface area contributed by atoms with Crippen molar-refractivity contribution in [2.24, 2.45) is 11.8 Å². The van der Waals surface area contributed by atoms with Crippen molar-refractivity contribution in [1.82, 2.24) is 40.4 Å². The highest BCUT2D eigenvalue weighted by molar-refractivity contribution is 5.89. The molecule has 4 amide bonds. The third-order valence-electron chi connectivity index (χ3n) is 11.4. The van der Waals surface area contributed by atoms with Gasteiger partial charge in [-0.3, -0.25) is 9.59 Å². The van der Waals surface area contributed by atoms with Gasteiger partial charge >= 0.3 is 12.2 Å². The van der Waals surface area contributed by atoms with E-state index in [1.54, 1.807) is 0 Å². The Bertz CT molecular complexity index is 2310. The summed E-state index contributed by atoms with van der Waals surface area (Å²) in [6.07, 6.45) is 2.00. The Morgan fingerprint density at radius 3 is 1.56 bits per heavy atom. The molecule has 2 aromatic heterocycles. The molecule has 0 spiro atoms. The van der Waals surface area contributed by atoms with Gasteiger partial charge in [0.05, 0.1) is 48.4 Å². The van der Waals surface area contributed by atoms with Gasteiger partial charge in [0.25, 0.3) is 0 Å². The number of aryl methyl sites for hydroxylation is 1. The van der Waals surface area contributed by atoms with Crippen molar-refractivity contribution in [1.29, 1.82) is 0 Å². The number of alkyl carbamates (subject to hydrolysis) is 2. The van der Waals surface area contributed by atoms with Crippen LogP contribution >= 0.6 is 0 Å². The number of methoxy groups -OCH3 is 2. The van der Waals surface area contributed by atoms with E-state index in [9.17, 15) is 19.2 Å². The predicted octanol–water partition coefficient (Wildman–Crippen LogP) is 7.17. The summed E-state index contributed by atoms with van der Waals surface area (Å²) in [5.41, 5.74) is 8.80. The average Bonchev–Trinajstić information content (AvgIpc) is 4.03. The molecule has 4 heterocycles. The molecule has 14 heteroatoms. The monoisotopic (exact) mass is 776 g/mol. The van der Waals surface area contributed by atoms with E-state index in [0.717, 1.165) is 87.2 Å². The number of fused-ring (bicyclic) bond motifs is 2. The molecule has 2 aliphatic rings. The van der Waals surface area contributed by atoms with Gasteiger partial charge in [-0.05, 0) is 96.5 Å². The Morgan fingerprint density at radius 1 is 0.667 bits per heavy atom. The van der Waals surface area contributed by atoms with Gasteiger partial charge < -0.3 is 39.9 Å². The van der Waals surface area contributed by atoms with Crippen molar-refractivity contribution in [2.75, 3.05) is 27.3 Å². The van der Waals surface area contributed by atoms with E-state index < -0.39 is 24.3 Å². The van der Waals surface area contributed by atoms with Gasteiger partial charge in [0.1, 0.15) is 23.7 Å². The number of benzene rings is 3. The summed E-state index contributed by atoms with van der Waals surface area (Å²) in [5.74, 6) is 0.976. The Kier molecular flexibility index (Phi) is 11.2. The minimum Gasteiger partial charge on any atom is -0.453 e. The summed E-state index contributed by atoms with van der Waals surface area (Å²) in [5, 5.41) is 5.42. The minimum atomic E-state index is -0.694. The van der Waals surface area contributed by atoms with E-state index in [-0.39, 0.29) is 35.7 Å². The van der Waals surface area contributed by atoms with Crippen LogP contribution in [0.25, 0.3) is 44.3 Å². The molecule has 0 unspecified atom stereocenters. The number of nitrogens with zero attached hydrogens (tertiary/aromatic N) is 4. The molecule has 0 radical (unpaired) electrons. The number of likely N-dealkylation sites (tertiary alicyclic amines) is 2. The zero-order valence-corrected chi connectivity index (χ0v) is 33.6. The minimum absolute atomic E-state index is 0.110. The molecule has 2 aliphatic heterocycles. The van der Waals surface area contributed by atoms with Gasteiger partial charge in [0.15, 0.2) is 0 Å². The Balaban J connectivity index is 1.09. The van der Waals surface area contributed by atoms with E-state index in [2.05, 4.69) is 70.0 Å². The highest BCUT2D eigenvalue weighted by Crippen LogP contribution is 2.36. The van der Waals surface area contributed by atoms with E-state index in [1.165, 1.54) is 14.2 Å². The van der Waals surface area contributed by atoms with Crippen LogP contribution in [0.1, 0.15) is 82.7 Å². The lowest BCUT2D eigenvalue weighted by Gasteiger charge is -2.29. The number of carbonyl (C=O) groups is 4. The molecule has 57 heavy (non-hydrogen) atoms. The largest absolute Gasteiger partial charge is 0.453 e. The van der Waals surface area contributed by atoms with Crippen LogP contribution < -0.4 is 10.6 Å². The van der Waals surface area contributed by atoms with Gasteiger partial charge in [-0.1, -0.05) is 58.0 Å². The molecule has 4 N–H and O–H groups in total. The quantitative estimate of drug-likeness (QED) is 0.116. The van der Waals surface area contributed by atoms with E-state index in [1.807, 2.05) is 49.6 Å². The van der Waals surface area contributed by atoms with Crippen molar-refractivity contribution in [3.8, 4) is 22.3 Å². The van der Waals surface area contributed by atoms with Crippen molar-refractivity contribution in [3.63, 3.8) is 0 Å². The molecule has 4 atom stereocenters. The maximum atomic E-state index is 13.7. The third-order valence-corrected chi connectivity index (χ3v) is 11.4. The summed E-state index contributed by atoms with van der Waals surface area (Å²) in [4.78, 5) is 71.8. The van der Waals surface area contributed by atoms with Gasteiger partial charge in [0, 0.05) is 13.1 Å². The normalized spacial score (nSPS) is 18.1. The zero-order valence-electron chi connectivity index (χ0n) is 33.6. The lowest BCUT2D eigenvalue weighted by atomic mass is 9.95. The fourth-order valence-electron chi connectivity index (χ4n) is 8.27. The lowest BCUT2D eigenvalue weighted by molar-refractivity contribution is -0.136. The molecule has 2 saturated heterocycles. The molecule has 0 bridgehead atoms. The van der Waals surface area contributed by atoms with Gasteiger partial charge in [0.2, 0.25) is 11.8 Å². The number of amides is 4. The lowest BCUT2D eigenvalue weighted by Crippen LogP contribution is -2.51. The topological polar surface area (TPSA) is 175 Å². The number of aromatic amines is 2. The van der Waals surface area contributed by atoms with Crippen LogP contribution in [0.2, 0.25) is 0 Å². The van der Waals surface area contributed by atoms with Crippen LogP contribution in [0.5, 0.6) is 0 Å². The second kappa shape index (κ2) is 16.3. The Hall–Kier alpha value is -5.92. The second-order valence-corrected chi connectivity index (χ2v) is 15.8. The molecule has 14 nitrogen and oxygen atoms in total. The van der Waals surface area contributed by atoms with Gasteiger partial charge in [-0.2, -0.15) is 0 Å². The second-order valence-electron chi connectivity index (χ2n) is 15.8. The summed E-state index contributed by atoms with van der Waals surface area (Å²) >= 11 is 0. The third kappa shape index (κ3) is 7.90. The summed E-state index contributed by atoms with van der Waals surface area (Å²) in [7, 11) is 2.59. The highest BCUT2D eigenvalue weighted by Gasteiger charge is 2.39. The smallest absolute Gasteiger partial charge is 0.407 e. The average molecular weight is 777 g/mol. The van der Waals surface area contributed by atoms with Crippen molar-refractivity contribution >= 4 is 46.1 Å².